The van der Waals surface area contributed by atoms with Gasteiger partial charge >= 0.3 is 0 Å². The molecule has 0 amide bonds. The standard InChI is InChI=1S/C20H22N2O4/c1-24-17-6-13(7-18-20(17)26-12-25-18)8-21-9-14-5-15(11-21)16-3-2-4-19(23)22(16)10-14/h2-4,6-7,14-15H,5,8-12H2,1H3/t14-,15+/m1/s1. The monoisotopic (exact) mass is 354 g/mol. The summed E-state index contributed by atoms with van der Waals surface area (Å²) in [4.78, 5) is 14.6. The van der Waals surface area contributed by atoms with E-state index >= 15 is 0 Å². The Bertz CT molecular complexity index is 907. The third-order valence-corrected chi connectivity index (χ3v) is 5.68. The Labute approximate surface area is 151 Å². The van der Waals surface area contributed by atoms with Crippen LogP contribution in [0, 0.1) is 5.92 Å². The molecule has 26 heavy (non-hydrogen) atoms. The van der Waals surface area contributed by atoms with Crippen LogP contribution in [0.2, 0.25) is 0 Å². The van der Waals surface area contributed by atoms with Gasteiger partial charge in [0.05, 0.1) is 7.11 Å². The maximum atomic E-state index is 12.2. The number of nitrogens with zero attached hydrogens (tertiary/aromatic N) is 2. The van der Waals surface area contributed by atoms with Gasteiger partial charge in [0.25, 0.3) is 5.56 Å². The molecule has 0 aliphatic carbocycles. The molecule has 2 bridgehead atoms. The number of ether oxygens (including phenoxy) is 3. The van der Waals surface area contributed by atoms with Crippen molar-refractivity contribution in [1.82, 2.24) is 9.47 Å². The summed E-state index contributed by atoms with van der Waals surface area (Å²) >= 11 is 0. The van der Waals surface area contributed by atoms with Crippen LogP contribution in [0.15, 0.2) is 35.1 Å². The van der Waals surface area contributed by atoms with E-state index in [0.29, 0.717) is 17.6 Å². The average Bonchev–Trinajstić information content (AvgIpc) is 3.10. The summed E-state index contributed by atoms with van der Waals surface area (Å²) in [5, 5.41) is 0. The summed E-state index contributed by atoms with van der Waals surface area (Å²) in [6.07, 6.45) is 1.17. The number of hydrogen-bond donors (Lipinski definition) is 0. The molecule has 6 nitrogen and oxygen atoms in total. The summed E-state index contributed by atoms with van der Waals surface area (Å²) in [5.74, 6) is 3.13. The van der Waals surface area contributed by atoms with Gasteiger partial charge in [-0.25, -0.2) is 0 Å². The Morgan fingerprint density at radius 1 is 1.19 bits per heavy atom. The quantitative estimate of drug-likeness (QED) is 0.846. The highest BCUT2D eigenvalue weighted by Gasteiger charge is 2.34. The van der Waals surface area contributed by atoms with Crippen LogP contribution in [-0.4, -0.2) is 36.5 Å². The van der Waals surface area contributed by atoms with Crippen molar-refractivity contribution in [3.05, 3.63) is 51.9 Å². The molecule has 0 saturated carbocycles. The van der Waals surface area contributed by atoms with Gasteiger partial charge in [-0.15, -0.1) is 0 Å². The molecular formula is C20H22N2O4. The lowest BCUT2D eigenvalue weighted by atomic mass is 9.83. The largest absolute Gasteiger partial charge is 0.493 e. The van der Waals surface area contributed by atoms with Crippen LogP contribution in [-0.2, 0) is 13.1 Å². The van der Waals surface area contributed by atoms with Crippen molar-refractivity contribution >= 4 is 0 Å². The van der Waals surface area contributed by atoms with Crippen molar-refractivity contribution in [2.45, 2.75) is 25.4 Å². The first kappa shape index (κ1) is 15.8. The molecule has 2 aromatic rings. The van der Waals surface area contributed by atoms with Gasteiger partial charge in [-0.05, 0) is 36.1 Å². The second kappa shape index (κ2) is 6.06. The number of fused-ring (bicyclic) bond motifs is 5. The van der Waals surface area contributed by atoms with E-state index in [1.165, 1.54) is 12.1 Å². The van der Waals surface area contributed by atoms with Crippen molar-refractivity contribution in [1.29, 1.82) is 0 Å². The smallest absolute Gasteiger partial charge is 0.250 e. The third-order valence-electron chi connectivity index (χ3n) is 5.68. The molecule has 0 N–H and O–H groups in total. The maximum absolute atomic E-state index is 12.2. The summed E-state index contributed by atoms with van der Waals surface area (Å²) < 4.78 is 18.5. The lowest BCUT2D eigenvalue weighted by molar-refractivity contribution is 0.114. The first-order valence-corrected chi connectivity index (χ1v) is 9.10. The zero-order valence-corrected chi connectivity index (χ0v) is 14.8. The molecule has 0 unspecified atom stereocenters. The predicted molar refractivity (Wildman–Crippen MR) is 95.9 cm³/mol. The molecule has 4 heterocycles. The number of piperidine rings is 1. The zero-order valence-electron chi connectivity index (χ0n) is 14.8. The van der Waals surface area contributed by atoms with Gasteiger partial charge in [0, 0.05) is 43.9 Å². The Morgan fingerprint density at radius 3 is 3.00 bits per heavy atom. The first-order valence-electron chi connectivity index (χ1n) is 9.10. The van der Waals surface area contributed by atoms with E-state index in [2.05, 4.69) is 11.0 Å². The molecule has 3 aliphatic heterocycles. The topological polar surface area (TPSA) is 52.9 Å². The molecule has 3 aliphatic rings. The fraction of sp³-hybridized carbons (Fsp3) is 0.450. The molecule has 1 aromatic carbocycles. The minimum absolute atomic E-state index is 0.131. The second-order valence-corrected chi connectivity index (χ2v) is 7.42. The first-order chi connectivity index (χ1) is 12.7. The van der Waals surface area contributed by atoms with Crippen LogP contribution in [0.5, 0.6) is 17.2 Å². The molecule has 2 atom stereocenters. The Balaban J connectivity index is 1.40. The molecule has 1 saturated heterocycles. The van der Waals surface area contributed by atoms with E-state index in [0.717, 1.165) is 43.2 Å². The summed E-state index contributed by atoms with van der Waals surface area (Å²) in [7, 11) is 1.65. The number of aromatic nitrogens is 1. The van der Waals surface area contributed by atoms with Crippen molar-refractivity contribution in [2.24, 2.45) is 5.92 Å². The molecule has 0 spiro atoms. The second-order valence-electron chi connectivity index (χ2n) is 7.42. The number of methoxy groups -OCH3 is 1. The van der Waals surface area contributed by atoms with Gasteiger partial charge in [0.1, 0.15) is 0 Å². The molecule has 5 rings (SSSR count). The lowest BCUT2D eigenvalue weighted by Gasteiger charge is -2.42. The summed E-state index contributed by atoms with van der Waals surface area (Å²) in [6.45, 7) is 3.89. The van der Waals surface area contributed by atoms with Crippen molar-refractivity contribution in [3.8, 4) is 17.2 Å². The van der Waals surface area contributed by atoms with Gasteiger partial charge in [0.2, 0.25) is 12.5 Å². The number of hydrogen-bond acceptors (Lipinski definition) is 5. The highest BCUT2D eigenvalue weighted by Crippen LogP contribution is 2.42. The van der Waals surface area contributed by atoms with Gasteiger partial charge < -0.3 is 18.8 Å². The number of benzene rings is 1. The van der Waals surface area contributed by atoms with Gasteiger partial charge in [-0.1, -0.05) is 6.07 Å². The van der Waals surface area contributed by atoms with Gasteiger partial charge in [-0.3, -0.25) is 9.69 Å². The van der Waals surface area contributed by atoms with Crippen LogP contribution in [0.1, 0.15) is 23.6 Å². The zero-order chi connectivity index (χ0) is 17.7. The number of rotatable bonds is 3. The predicted octanol–water partition coefficient (Wildman–Crippen LogP) is 2.20. The minimum Gasteiger partial charge on any atom is -0.493 e. The molecule has 0 radical (unpaired) electrons. The average molecular weight is 354 g/mol. The third kappa shape index (κ3) is 2.56. The van der Waals surface area contributed by atoms with Crippen molar-refractivity contribution in [2.75, 3.05) is 27.0 Å². The van der Waals surface area contributed by atoms with Crippen molar-refractivity contribution in [3.63, 3.8) is 0 Å². The summed E-state index contributed by atoms with van der Waals surface area (Å²) in [6, 6.07) is 9.75. The SMILES string of the molecule is COc1cc(CN2C[C@H]3C[C@@H](C2)c2cccc(=O)n2C3)cc2c1OCO2. The van der Waals surface area contributed by atoms with Crippen LogP contribution < -0.4 is 19.8 Å². The minimum atomic E-state index is 0.131. The maximum Gasteiger partial charge on any atom is 0.250 e. The molecule has 1 fully saturated rings. The number of pyridine rings is 1. The van der Waals surface area contributed by atoms with E-state index in [-0.39, 0.29) is 12.4 Å². The van der Waals surface area contributed by atoms with Crippen LogP contribution in [0.25, 0.3) is 0 Å². The van der Waals surface area contributed by atoms with Crippen LogP contribution in [0.3, 0.4) is 0 Å². The van der Waals surface area contributed by atoms with E-state index in [4.69, 9.17) is 14.2 Å². The summed E-state index contributed by atoms with van der Waals surface area (Å²) in [5.41, 5.74) is 2.48. The highest BCUT2D eigenvalue weighted by molar-refractivity contribution is 5.55. The number of likely N-dealkylation sites (tertiary alicyclic amines) is 1. The van der Waals surface area contributed by atoms with E-state index in [9.17, 15) is 4.79 Å². The lowest BCUT2D eigenvalue weighted by Crippen LogP contribution is -2.46. The van der Waals surface area contributed by atoms with Gasteiger partial charge in [-0.2, -0.15) is 0 Å². The normalized spacial score (nSPS) is 23.6. The fourth-order valence-corrected chi connectivity index (χ4v) is 4.66. The molecule has 6 heteroatoms. The Morgan fingerprint density at radius 2 is 2.12 bits per heavy atom. The van der Waals surface area contributed by atoms with E-state index in [1.54, 1.807) is 13.2 Å². The molecule has 1 aromatic heterocycles. The van der Waals surface area contributed by atoms with Gasteiger partial charge in [0.15, 0.2) is 11.5 Å². The molecular weight excluding hydrogens is 332 g/mol. The van der Waals surface area contributed by atoms with E-state index in [1.807, 2.05) is 22.8 Å². The fourth-order valence-electron chi connectivity index (χ4n) is 4.66. The molecule has 136 valence electrons. The Hall–Kier alpha value is -2.47. The Kier molecular flexibility index (Phi) is 3.67. The van der Waals surface area contributed by atoms with E-state index < -0.39 is 0 Å². The van der Waals surface area contributed by atoms with Crippen molar-refractivity contribution < 1.29 is 14.2 Å². The highest BCUT2D eigenvalue weighted by atomic mass is 16.7. The van der Waals surface area contributed by atoms with Crippen LogP contribution >= 0.6 is 0 Å². The van der Waals surface area contributed by atoms with Crippen LogP contribution in [0.4, 0.5) is 0 Å².